The van der Waals surface area contributed by atoms with Gasteiger partial charge >= 0.3 is 5.97 Å². The summed E-state index contributed by atoms with van der Waals surface area (Å²) in [5, 5.41) is 0. The Bertz CT molecular complexity index is 644. The zero-order valence-electron chi connectivity index (χ0n) is 11.9. The number of carbonyl (C=O) groups excluding carboxylic acids is 1. The van der Waals surface area contributed by atoms with Crippen molar-refractivity contribution in [2.45, 2.75) is 17.9 Å². The van der Waals surface area contributed by atoms with Gasteiger partial charge in [-0.05, 0) is 24.6 Å². The standard InChI is InChI=1S/C13H18N2O5S/c1-9-3-4-10(14)7-12(9)21(17,18)15-5-6-20-8-11(15)13(16)19-2/h3-4,7,11H,5-6,8,14H2,1-2H3. The minimum Gasteiger partial charge on any atom is -0.468 e. The lowest BCUT2D eigenvalue weighted by Crippen LogP contribution is -2.52. The summed E-state index contributed by atoms with van der Waals surface area (Å²) in [6.07, 6.45) is 0. The predicted octanol–water partition coefficient (Wildman–Crippen LogP) is 0.140. The van der Waals surface area contributed by atoms with Gasteiger partial charge in [-0.1, -0.05) is 6.07 Å². The Morgan fingerprint density at radius 1 is 1.48 bits per heavy atom. The van der Waals surface area contributed by atoms with E-state index in [0.717, 1.165) is 4.31 Å². The summed E-state index contributed by atoms with van der Waals surface area (Å²) in [7, 11) is -2.63. The number of benzene rings is 1. The normalized spacial score (nSPS) is 20.2. The third-order valence-electron chi connectivity index (χ3n) is 3.35. The molecule has 2 rings (SSSR count). The molecule has 1 aliphatic rings. The van der Waals surface area contributed by atoms with Gasteiger partial charge in [-0.15, -0.1) is 0 Å². The van der Waals surface area contributed by atoms with E-state index in [1.165, 1.54) is 13.2 Å². The van der Waals surface area contributed by atoms with Crippen LogP contribution in [0.1, 0.15) is 5.56 Å². The van der Waals surface area contributed by atoms with Gasteiger partial charge in [0.15, 0.2) is 0 Å². The lowest BCUT2D eigenvalue weighted by atomic mass is 10.2. The average Bonchev–Trinajstić information content (AvgIpc) is 2.48. The summed E-state index contributed by atoms with van der Waals surface area (Å²) in [4.78, 5) is 11.9. The summed E-state index contributed by atoms with van der Waals surface area (Å²) < 4.78 is 36.6. The number of carbonyl (C=O) groups is 1. The number of aryl methyl sites for hydroxylation is 1. The van der Waals surface area contributed by atoms with E-state index in [1.54, 1.807) is 19.1 Å². The second-order valence-corrected chi connectivity index (χ2v) is 6.61. The van der Waals surface area contributed by atoms with Gasteiger partial charge in [0.2, 0.25) is 10.0 Å². The SMILES string of the molecule is COC(=O)C1COCCN1S(=O)(=O)c1cc(N)ccc1C. The van der Waals surface area contributed by atoms with Crippen LogP contribution in [0.2, 0.25) is 0 Å². The first kappa shape index (κ1) is 15.7. The zero-order valence-corrected chi connectivity index (χ0v) is 12.7. The second kappa shape index (κ2) is 6.00. The highest BCUT2D eigenvalue weighted by molar-refractivity contribution is 7.89. The molecule has 1 aromatic rings. The lowest BCUT2D eigenvalue weighted by Gasteiger charge is -2.33. The number of methoxy groups -OCH3 is 1. The Morgan fingerprint density at radius 3 is 2.86 bits per heavy atom. The minimum atomic E-state index is -3.85. The first-order valence-corrected chi connectivity index (χ1v) is 7.85. The van der Waals surface area contributed by atoms with Crippen molar-refractivity contribution in [3.8, 4) is 0 Å². The molecule has 1 unspecified atom stereocenters. The van der Waals surface area contributed by atoms with E-state index >= 15 is 0 Å². The number of morpholine rings is 1. The van der Waals surface area contributed by atoms with E-state index in [-0.39, 0.29) is 24.7 Å². The maximum atomic E-state index is 12.8. The number of nitrogen functional groups attached to an aromatic ring is 1. The number of hydrogen-bond donors (Lipinski definition) is 1. The van der Waals surface area contributed by atoms with Crippen LogP contribution in [0.5, 0.6) is 0 Å². The van der Waals surface area contributed by atoms with Crippen LogP contribution < -0.4 is 5.73 Å². The number of rotatable bonds is 3. The Labute approximate surface area is 123 Å². The van der Waals surface area contributed by atoms with Crippen LogP contribution in [0.15, 0.2) is 23.1 Å². The van der Waals surface area contributed by atoms with Crippen LogP contribution in [0.25, 0.3) is 0 Å². The number of esters is 1. The van der Waals surface area contributed by atoms with Crippen molar-refractivity contribution in [3.63, 3.8) is 0 Å². The van der Waals surface area contributed by atoms with E-state index in [9.17, 15) is 13.2 Å². The maximum absolute atomic E-state index is 12.8. The molecule has 1 aromatic carbocycles. The van der Waals surface area contributed by atoms with Gasteiger partial charge in [0, 0.05) is 12.2 Å². The fraction of sp³-hybridized carbons (Fsp3) is 0.462. The van der Waals surface area contributed by atoms with Gasteiger partial charge in [0.1, 0.15) is 6.04 Å². The summed E-state index contributed by atoms with van der Waals surface area (Å²) in [6, 6.07) is 3.69. The highest BCUT2D eigenvalue weighted by atomic mass is 32.2. The molecule has 7 nitrogen and oxygen atoms in total. The topological polar surface area (TPSA) is 98.9 Å². The van der Waals surface area contributed by atoms with Gasteiger partial charge in [-0.25, -0.2) is 8.42 Å². The van der Waals surface area contributed by atoms with Crippen LogP contribution in [-0.2, 0) is 24.3 Å². The molecule has 0 radical (unpaired) electrons. The lowest BCUT2D eigenvalue weighted by molar-refractivity contribution is -0.149. The number of anilines is 1. The molecule has 0 spiro atoms. The number of nitrogens with two attached hydrogens (primary N) is 1. The molecular formula is C13H18N2O5S. The molecule has 0 aromatic heterocycles. The minimum absolute atomic E-state index is 0.0206. The highest BCUT2D eigenvalue weighted by Crippen LogP contribution is 2.25. The smallest absolute Gasteiger partial charge is 0.326 e. The fourth-order valence-corrected chi connectivity index (χ4v) is 4.03. The molecule has 0 aliphatic carbocycles. The summed E-state index contributed by atoms with van der Waals surface area (Å²) in [5.41, 5.74) is 6.59. The van der Waals surface area contributed by atoms with Crippen molar-refractivity contribution in [2.24, 2.45) is 0 Å². The van der Waals surface area contributed by atoms with E-state index in [0.29, 0.717) is 11.3 Å². The Hall–Kier alpha value is -1.64. The molecule has 21 heavy (non-hydrogen) atoms. The number of hydrogen-bond acceptors (Lipinski definition) is 6. The predicted molar refractivity (Wildman–Crippen MR) is 76.1 cm³/mol. The molecular weight excluding hydrogens is 296 g/mol. The van der Waals surface area contributed by atoms with Crippen molar-refractivity contribution < 1.29 is 22.7 Å². The molecule has 116 valence electrons. The van der Waals surface area contributed by atoms with Gasteiger partial charge in [0.05, 0.1) is 25.2 Å². The van der Waals surface area contributed by atoms with E-state index < -0.39 is 22.0 Å². The van der Waals surface area contributed by atoms with Gasteiger partial charge < -0.3 is 15.2 Å². The molecule has 1 atom stereocenters. The van der Waals surface area contributed by atoms with Gasteiger partial charge in [-0.2, -0.15) is 4.31 Å². The third kappa shape index (κ3) is 3.02. The number of nitrogens with zero attached hydrogens (tertiary/aromatic N) is 1. The molecule has 0 bridgehead atoms. The molecule has 1 fully saturated rings. The second-order valence-electron chi connectivity index (χ2n) is 4.75. The highest BCUT2D eigenvalue weighted by Gasteiger charge is 2.39. The van der Waals surface area contributed by atoms with Crippen molar-refractivity contribution in [1.29, 1.82) is 0 Å². The van der Waals surface area contributed by atoms with E-state index in [1.807, 2.05) is 0 Å². The molecule has 1 aliphatic heterocycles. The Morgan fingerprint density at radius 2 is 2.19 bits per heavy atom. The van der Waals surface area contributed by atoms with Crippen LogP contribution in [0.3, 0.4) is 0 Å². The summed E-state index contributed by atoms with van der Waals surface area (Å²) in [5.74, 6) is -0.639. The number of ether oxygens (including phenoxy) is 2. The van der Waals surface area contributed by atoms with Crippen LogP contribution >= 0.6 is 0 Å². The average molecular weight is 314 g/mol. The zero-order chi connectivity index (χ0) is 15.6. The van der Waals surface area contributed by atoms with Gasteiger partial charge in [-0.3, -0.25) is 4.79 Å². The van der Waals surface area contributed by atoms with Crippen molar-refractivity contribution in [1.82, 2.24) is 4.31 Å². The maximum Gasteiger partial charge on any atom is 0.326 e. The molecule has 2 N–H and O–H groups in total. The molecule has 0 saturated carbocycles. The van der Waals surface area contributed by atoms with Crippen molar-refractivity contribution >= 4 is 21.7 Å². The first-order valence-electron chi connectivity index (χ1n) is 6.41. The summed E-state index contributed by atoms with van der Waals surface area (Å²) in [6.45, 7) is 1.98. The fourth-order valence-electron chi connectivity index (χ4n) is 2.22. The Balaban J connectivity index is 2.45. The number of sulfonamides is 1. The Kier molecular flexibility index (Phi) is 4.50. The third-order valence-corrected chi connectivity index (χ3v) is 5.40. The monoisotopic (exact) mass is 314 g/mol. The molecule has 1 heterocycles. The van der Waals surface area contributed by atoms with Crippen LogP contribution in [0.4, 0.5) is 5.69 Å². The van der Waals surface area contributed by atoms with E-state index in [4.69, 9.17) is 10.5 Å². The van der Waals surface area contributed by atoms with Crippen LogP contribution in [0, 0.1) is 6.92 Å². The van der Waals surface area contributed by atoms with Crippen molar-refractivity contribution in [3.05, 3.63) is 23.8 Å². The van der Waals surface area contributed by atoms with Crippen LogP contribution in [-0.4, -0.2) is 51.6 Å². The summed E-state index contributed by atoms with van der Waals surface area (Å²) >= 11 is 0. The molecule has 1 saturated heterocycles. The first-order chi connectivity index (χ1) is 9.87. The molecule has 8 heteroatoms. The van der Waals surface area contributed by atoms with Gasteiger partial charge in [0.25, 0.3) is 0 Å². The largest absolute Gasteiger partial charge is 0.468 e. The molecule has 0 amide bonds. The quantitative estimate of drug-likeness (QED) is 0.629. The van der Waals surface area contributed by atoms with Crippen molar-refractivity contribution in [2.75, 3.05) is 32.6 Å². The van der Waals surface area contributed by atoms with E-state index in [2.05, 4.69) is 4.74 Å².